The van der Waals surface area contributed by atoms with Gasteiger partial charge in [0.15, 0.2) is 0 Å². The van der Waals surface area contributed by atoms with Crippen LogP contribution < -0.4 is 14.2 Å². The Kier molecular flexibility index (Phi) is 5.35. The topological polar surface area (TPSA) is 27.7 Å². The first-order chi connectivity index (χ1) is 9.62. The standard InChI is InChI=1S/C14H14Br2O3S/c1-17-8-6-10(18-2)12(11(7-8)19-3)13(16)14-9(15)4-5-20-14/h4-7,13H,1-3H3. The van der Waals surface area contributed by atoms with Crippen LogP contribution in [0.4, 0.5) is 0 Å². The van der Waals surface area contributed by atoms with Crippen molar-refractivity contribution in [2.45, 2.75) is 4.83 Å². The van der Waals surface area contributed by atoms with E-state index < -0.39 is 0 Å². The Bertz CT molecular complexity index is 573. The molecule has 0 aliphatic rings. The van der Waals surface area contributed by atoms with E-state index in [2.05, 4.69) is 31.9 Å². The SMILES string of the molecule is COc1cc(OC)c(C(Br)c2sccc2Br)c(OC)c1. The van der Waals surface area contributed by atoms with Gasteiger partial charge in [0.05, 0.1) is 31.7 Å². The smallest absolute Gasteiger partial charge is 0.130 e. The Labute approximate surface area is 139 Å². The molecule has 1 aromatic carbocycles. The van der Waals surface area contributed by atoms with Gasteiger partial charge in [0, 0.05) is 21.5 Å². The van der Waals surface area contributed by atoms with Crippen molar-refractivity contribution in [3.63, 3.8) is 0 Å². The maximum Gasteiger partial charge on any atom is 0.130 e. The molecule has 2 aromatic rings. The van der Waals surface area contributed by atoms with Gasteiger partial charge in [-0.2, -0.15) is 0 Å². The molecule has 6 heteroatoms. The zero-order valence-corrected chi connectivity index (χ0v) is 15.3. The average Bonchev–Trinajstić information content (AvgIpc) is 2.91. The second kappa shape index (κ2) is 6.83. The first kappa shape index (κ1) is 15.7. The van der Waals surface area contributed by atoms with Crippen LogP contribution in [-0.4, -0.2) is 21.3 Å². The average molecular weight is 422 g/mol. The molecule has 1 atom stereocenters. The van der Waals surface area contributed by atoms with Gasteiger partial charge in [-0.3, -0.25) is 0 Å². The summed E-state index contributed by atoms with van der Waals surface area (Å²) >= 11 is 8.96. The Morgan fingerprint density at radius 3 is 2.05 bits per heavy atom. The van der Waals surface area contributed by atoms with Crippen molar-refractivity contribution < 1.29 is 14.2 Å². The summed E-state index contributed by atoms with van der Waals surface area (Å²) in [7, 11) is 4.90. The van der Waals surface area contributed by atoms with Crippen molar-refractivity contribution >= 4 is 43.2 Å². The predicted molar refractivity (Wildman–Crippen MR) is 88.9 cm³/mol. The molecule has 0 aliphatic carbocycles. The van der Waals surface area contributed by atoms with E-state index in [0.29, 0.717) is 5.75 Å². The quantitative estimate of drug-likeness (QED) is 0.634. The molecule has 0 bridgehead atoms. The Balaban J connectivity index is 2.57. The van der Waals surface area contributed by atoms with Crippen molar-refractivity contribution in [2.24, 2.45) is 0 Å². The molecule has 0 aliphatic heterocycles. The van der Waals surface area contributed by atoms with Crippen molar-refractivity contribution in [3.05, 3.63) is 38.5 Å². The molecule has 20 heavy (non-hydrogen) atoms. The number of methoxy groups -OCH3 is 3. The Morgan fingerprint density at radius 2 is 1.65 bits per heavy atom. The number of halogens is 2. The lowest BCUT2D eigenvalue weighted by atomic mass is 10.1. The highest BCUT2D eigenvalue weighted by Gasteiger charge is 2.24. The molecule has 1 unspecified atom stereocenters. The number of hydrogen-bond acceptors (Lipinski definition) is 4. The van der Waals surface area contributed by atoms with E-state index >= 15 is 0 Å². The van der Waals surface area contributed by atoms with Crippen LogP contribution >= 0.6 is 43.2 Å². The molecule has 0 spiro atoms. The van der Waals surface area contributed by atoms with Crippen molar-refractivity contribution in [3.8, 4) is 17.2 Å². The molecule has 0 fully saturated rings. The lowest BCUT2D eigenvalue weighted by Crippen LogP contribution is -2.01. The van der Waals surface area contributed by atoms with E-state index in [-0.39, 0.29) is 4.83 Å². The van der Waals surface area contributed by atoms with Gasteiger partial charge in [0.1, 0.15) is 17.2 Å². The Morgan fingerprint density at radius 1 is 1.05 bits per heavy atom. The molecule has 0 saturated heterocycles. The first-order valence-electron chi connectivity index (χ1n) is 5.79. The fourth-order valence-corrected chi connectivity index (χ4v) is 4.81. The third kappa shape index (κ3) is 2.97. The summed E-state index contributed by atoms with van der Waals surface area (Å²) in [6.45, 7) is 0. The van der Waals surface area contributed by atoms with Crippen molar-refractivity contribution in [1.29, 1.82) is 0 Å². The van der Waals surface area contributed by atoms with E-state index in [4.69, 9.17) is 14.2 Å². The van der Waals surface area contributed by atoms with Gasteiger partial charge < -0.3 is 14.2 Å². The number of thiophene rings is 1. The maximum absolute atomic E-state index is 5.49. The summed E-state index contributed by atoms with van der Waals surface area (Å²) in [6.07, 6.45) is 0. The summed E-state index contributed by atoms with van der Waals surface area (Å²) in [5.74, 6) is 2.15. The highest BCUT2D eigenvalue weighted by atomic mass is 79.9. The predicted octanol–water partition coefficient (Wildman–Crippen LogP) is 5.02. The summed E-state index contributed by atoms with van der Waals surface area (Å²) in [4.78, 5) is 1.14. The van der Waals surface area contributed by atoms with Gasteiger partial charge in [0.2, 0.25) is 0 Å². The van der Waals surface area contributed by atoms with Gasteiger partial charge in [-0.15, -0.1) is 11.3 Å². The van der Waals surface area contributed by atoms with Crippen LogP contribution in [0.15, 0.2) is 28.1 Å². The van der Waals surface area contributed by atoms with Crippen LogP contribution in [0.25, 0.3) is 0 Å². The molecular weight excluding hydrogens is 408 g/mol. The van der Waals surface area contributed by atoms with Crippen LogP contribution in [0.3, 0.4) is 0 Å². The van der Waals surface area contributed by atoms with E-state index in [1.165, 1.54) is 0 Å². The minimum atomic E-state index is -0.0207. The summed E-state index contributed by atoms with van der Waals surface area (Å²) < 4.78 is 17.3. The molecule has 1 aromatic heterocycles. The molecule has 0 N–H and O–H groups in total. The van der Waals surface area contributed by atoms with Gasteiger partial charge in [-0.1, -0.05) is 15.9 Å². The van der Waals surface area contributed by atoms with Gasteiger partial charge in [-0.05, 0) is 27.4 Å². The van der Waals surface area contributed by atoms with E-state index in [0.717, 1.165) is 26.4 Å². The zero-order chi connectivity index (χ0) is 14.7. The minimum Gasteiger partial charge on any atom is -0.496 e. The monoisotopic (exact) mass is 420 g/mol. The van der Waals surface area contributed by atoms with Crippen LogP contribution in [0.5, 0.6) is 17.2 Å². The molecule has 108 valence electrons. The highest BCUT2D eigenvalue weighted by Crippen LogP contribution is 2.47. The van der Waals surface area contributed by atoms with Gasteiger partial charge in [0.25, 0.3) is 0 Å². The van der Waals surface area contributed by atoms with E-state index in [1.54, 1.807) is 32.7 Å². The largest absolute Gasteiger partial charge is 0.496 e. The molecular formula is C14H14Br2O3S. The molecule has 0 saturated carbocycles. The van der Waals surface area contributed by atoms with Gasteiger partial charge >= 0.3 is 0 Å². The highest BCUT2D eigenvalue weighted by molar-refractivity contribution is 9.11. The van der Waals surface area contributed by atoms with Crippen LogP contribution in [-0.2, 0) is 0 Å². The first-order valence-corrected chi connectivity index (χ1v) is 8.38. The number of alkyl halides is 1. The molecule has 3 nitrogen and oxygen atoms in total. The number of benzene rings is 1. The number of hydrogen-bond donors (Lipinski definition) is 0. The zero-order valence-electron chi connectivity index (χ0n) is 11.3. The molecule has 0 radical (unpaired) electrons. The third-order valence-corrected chi connectivity index (χ3v) is 6.04. The van der Waals surface area contributed by atoms with Gasteiger partial charge in [-0.25, -0.2) is 0 Å². The summed E-state index contributed by atoms with van der Waals surface area (Å²) in [5.41, 5.74) is 0.943. The summed E-state index contributed by atoms with van der Waals surface area (Å²) in [5, 5.41) is 2.04. The van der Waals surface area contributed by atoms with Crippen LogP contribution in [0.2, 0.25) is 0 Å². The third-order valence-electron chi connectivity index (χ3n) is 2.88. The molecule has 2 rings (SSSR count). The Hall–Kier alpha value is -0.720. The fourth-order valence-electron chi connectivity index (χ4n) is 1.90. The van der Waals surface area contributed by atoms with Crippen molar-refractivity contribution in [1.82, 2.24) is 0 Å². The number of rotatable bonds is 5. The van der Waals surface area contributed by atoms with Crippen LogP contribution in [0, 0.1) is 0 Å². The second-order valence-electron chi connectivity index (χ2n) is 3.94. The lowest BCUT2D eigenvalue weighted by molar-refractivity contribution is 0.370. The minimum absolute atomic E-state index is 0.0207. The van der Waals surface area contributed by atoms with E-state index in [9.17, 15) is 0 Å². The van der Waals surface area contributed by atoms with E-state index in [1.807, 2.05) is 23.6 Å². The fraction of sp³-hybridized carbons (Fsp3) is 0.286. The molecule has 1 heterocycles. The molecule has 0 amide bonds. The number of ether oxygens (including phenoxy) is 3. The maximum atomic E-state index is 5.49. The van der Waals surface area contributed by atoms with Crippen LogP contribution in [0.1, 0.15) is 15.3 Å². The van der Waals surface area contributed by atoms with Crippen molar-refractivity contribution in [2.75, 3.05) is 21.3 Å². The summed E-state index contributed by atoms with van der Waals surface area (Å²) in [6, 6.07) is 5.73. The normalized spacial score (nSPS) is 12.1. The second-order valence-corrected chi connectivity index (χ2v) is 6.66. The lowest BCUT2D eigenvalue weighted by Gasteiger charge is -2.18.